The molecule has 3 heterocycles. The second-order valence-electron chi connectivity index (χ2n) is 10.8. The molecule has 1 aliphatic heterocycles. The van der Waals surface area contributed by atoms with Crippen LogP contribution in [0.1, 0.15) is 82.3 Å². The Bertz CT molecular complexity index is 1520. The Morgan fingerprint density at radius 1 is 1.07 bits per heavy atom. The van der Waals surface area contributed by atoms with E-state index in [1.165, 1.54) is 0 Å². The van der Waals surface area contributed by atoms with Crippen molar-refractivity contribution < 1.29 is 14.3 Å². The first-order valence-electron chi connectivity index (χ1n) is 14.0. The lowest BCUT2D eigenvalue weighted by molar-refractivity contribution is -0.128. The second kappa shape index (κ2) is 11.9. The standard InChI is InChI=1S/C32H35N5O3/c1-5-22(15-21(4)38)32-33-18-24-16-25(19-37-14-6-7-31(37)39)30(17-29(24)34-32)40-26-10-8-23(9-11-26)28-13-12-27(20(2)3)35-36-28/h8-13,16-18,20,22H,5-7,14-15,19H2,1-4H3. The highest BCUT2D eigenvalue weighted by Crippen LogP contribution is 2.33. The Labute approximate surface area is 234 Å². The largest absolute Gasteiger partial charge is 0.457 e. The van der Waals surface area contributed by atoms with E-state index in [9.17, 15) is 9.59 Å². The first-order chi connectivity index (χ1) is 19.3. The van der Waals surface area contributed by atoms with Crippen molar-refractivity contribution in [2.45, 2.75) is 71.8 Å². The zero-order valence-corrected chi connectivity index (χ0v) is 23.6. The van der Waals surface area contributed by atoms with Gasteiger partial charge in [0.25, 0.3) is 0 Å². The minimum atomic E-state index is -0.0292. The van der Waals surface area contributed by atoms with Crippen molar-refractivity contribution in [3.8, 4) is 22.8 Å². The molecule has 4 aromatic rings. The van der Waals surface area contributed by atoms with Crippen LogP contribution in [-0.4, -0.2) is 43.3 Å². The van der Waals surface area contributed by atoms with Gasteiger partial charge in [-0.2, -0.15) is 10.2 Å². The van der Waals surface area contributed by atoms with Gasteiger partial charge in [0, 0.05) is 60.6 Å². The van der Waals surface area contributed by atoms with Crippen LogP contribution in [0, 0.1) is 0 Å². The number of carbonyl (C=O) groups excluding carboxylic acids is 2. The van der Waals surface area contributed by atoms with Crippen molar-refractivity contribution in [2.24, 2.45) is 0 Å². The van der Waals surface area contributed by atoms with Crippen LogP contribution in [0.3, 0.4) is 0 Å². The molecular weight excluding hydrogens is 502 g/mol. The third-order valence-electron chi connectivity index (χ3n) is 7.36. The van der Waals surface area contributed by atoms with Crippen molar-refractivity contribution in [3.05, 3.63) is 71.8 Å². The van der Waals surface area contributed by atoms with Crippen LogP contribution in [0.15, 0.2) is 54.7 Å². The van der Waals surface area contributed by atoms with Crippen LogP contribution in [0.5, 0.6) is 11.5 Å². The second-order valence-corrected chi connectivity index (χ2v) is 10.8. The molecule has 1 unspecified atom stereocenters. The number of Topliss-reactive ketones (excluding diaryl/α,β-unsaturated/α-hetero) is 1. The number of benzene rings is 2. The highest BCUT2D eigenvalue weighted by Gasteiger charge is 2.23. The molecule has 2 aromatic carbocycles. The summed E-state index contributed by atoms with van der Waals surface area (Å²) in [4.78, 5) is 35.5. The predicted octanol–water partition coefficient (Wildman–Crippen LogP) is 6.60. The van der Waals surface area contributed by atoms with Gasteiger partial charge in [-0.1, -0.05) is 20.8 Å². The Balaban J connectivity index is 1.46. The Hall–Kier alpha value is -4.20. The molecule has 1 fully saturated rings. The minimum absolute atomic E-state index is 0.0292. The molecule has 0 N–H and O–H groups in total. The topological polar surface area (TPSA) is 98.2 Å². The molecule has 2 aromatic heterocycles. The van der Waals surface area contributed by atoms with Crippen molar-refractivity contribution in [3.63, 3.8) is 0 Å². The summed E-state index contributed by atoms with van der Waals surface area (Å²) in [6.07, 6.45) is 4.44. The number of amides is 1. The maximum absolute atomic E-state index is 12.4. The van der Waals surface area contributed by atoms with E-state index in [2.05, 4.69) is 29.0 Å². The molecule has 1 atom stereocenters. The van der Waals surface area contributed by atoms with E-state index in [0.29, 0.717) is 42.6 Å². The van der Waals surface area contributed by atoms with Gasteiger partial charge in [0.2, 0.25) is 5.91 Å². The molecule has 206 valence electrons. The maximum atomic E-state index is 12.4. The summed E-state index contributed by atoms with van der Waals surface area (Å²) < 4.78 is 6.41. The van der Waals surface area contributed by atoms with Gasteiger partial charge in [-0.3, -0.25) is 4.79 Å². The number of fused-ring (bicyclic) bond motifs is 1. The van der Waals surface area contributed by atoms with Gasteiger partial charge in [0.15, 0.2) is 0 Å². The van der Waals surface area contributed by atoms with E-state index in [1.54, 1.807) is 13.1 Å². The summed E-state index contributed by atoms with van der Waals surface area (Å²) in [6.45, 7) is 9.03. The van der Waals surface area contributed by atoms with Crippen LogP contribution in [0.2, 0.25) is 0 Å². The third-order valence-corrected chi connectivity index (χ3v) is 7.36. The number of likely N-dealkylation sites (tertiary alicyclic amines) is 1. The van der Waals surface area contributed by atoms with Crippen LogP contribution in [0.4, 0.5) is 0 Å². The average Bonchev–Trinajstić information content (AvgIpc) is 3.36. The molecule has 1 amide bonds. The predicted molar refractivity (Wildman–Crippen MR) is 154 cm³/mol. The number of aromatic nitrogens is 4. The van der Waals surface area contributed by atoms with Gasteiger partial charge >= 0.3 is 0 Å². The molecule has 0 aliphatic carbocycles. The molecule has 8 nitrogen and oxygen atoms in total. The number of ketones is 1. The normalized spacial score (nSPS) is 14.2. The zero-order valence-electron chi connectivity index (χ0n) is 23.6. The van der Waals surface area contributed by atoms with Crippen molar-refractivity contribution in [1.82, 2.24) is 25.1 Å². The van der Waals surface area contributed by atoms with E-state index in [-0.39, 0.29) is 17.6 Å². The summed E-state index contributed by atoms with van der Waals surface area (Å²) in [5, 5.41) is 9.59. The van der Waals surface area contributed by atoms with Crippen LogP contribution >= 0.6 is 0 Å². The molecule has 1 aliphatic rings. The molecule has 40 heavy (non-hydrogen) atoms. The summed E-state index contributed by atoms with van der Waals surface area (Å²) >= 11 is 0. The number of rotatable bonds is 10. The quantitative estimate of drug-likeness (QED) is 0.225. The van der Waals surface area contributed by atoms with Gasteiger partial charge in [-0.05, 0) is 68.1 Å². The molecule has 0 saturated carbocycles. The minimum Gasteiger partial charge on any atom is -0.457 e. The first-order valence-corrected chi connectivity index (χ1v) is 14.0. The zero-order chi connectivity index (χ0) is 28.2. The van der Waals surface area contributed by atoms with Crippen molar-refractivity contribution >= 4 is 22.6 Å². The van der Waals surface area contributed by atoms with Gasteiger partial charge < -0.3 is 14.4 Å². The van der Waals surface area contributed by atoms with Gasteiger partial charge in [0.05, 0.1) is 16.9 Å². The van der Waals surface area contributed by atoms with Crippen LogP contribution < -0.4 is 4.74 Å². The number of nitrogens with zero attached hydrogens (tertiary/aromatic N) is 5. The van der Waals surface area contributed by atoms with Crippen molar-refractivity contribution in [1.29, 1.82) is 0 Å². The monoisotopic (exact) mass is 537 g/mol. The summed E-state index contributed by atoms with van der Waals surface area (Å²) in [7, 11) is 0. The smallest absolute Gasteiger partial charge is 0.222 e. The van der Waals surface area contributed by atoms with Crippen LogP contribution in [0.25, 0.3) is 22.2 Å². The Morgan fingerprint density at radius 3 is 2.50 bits per heavy atom. The fourth-order valence-electron chi connectivity index (χ4n) is 5.00. The van der Waals surface area contributed by atoms with Gasteiger partial charge in [-0.15, -0.1) is 0 Å². The van der Waals surface area contributed by atoms with E-state index < -0.39 is 0 Å². The Morgan fingerprint density at radius 2 is 1.88 bits per heavy atom. The molecule has 0 radical (unpaired) electrons. The Kier molecular flexibility index (Phi) is 8.14. The van der Waals surface area contributed by atoms with Crippen molar-refractivity contribution in [2.75, 3.05) is 6.54 Å². The lowest BCUT2D eigenvalue weighted by Gasteiger charge is -2.19. The molecule has 1 saturated heterocycles. The van der Waals surface area contributed by atoms with Gasteiger partial charge in [-0.25, -0.2) is 9.97 Å². The number of hydrogen-bond donors (Lipinski definition) is 0. The SMILES string of the molecule is CCC(CC(C)=O)c1ncc2cc(CN3CCCC3=O)c(Oc3ccc(-c4ccc(C(C)C)nn4)cc3)cc2n1. The number of ether oxygens (including phenoxy) is 1. The number of hydrogen-bond acceptors (Lipinski definition) is 7. The highest BCUT2D eigenvalue weighted by molar-refractivity contribution is 5.82. The first kappa shape index (κ1) is 27.4. The molecule has 8 heteroatoms. The lowest BCUT2D eigenvalue weighted by Crippen LogP contribution is -2.24. The molecule has 0 spiro atoms. The molecular formula is C32H35N5O3. The highest BCUT2D eigenvalue weighted by atomic mass is 16.5. The van der Waals surface area contributed by atoms with E-state index in [4.69, 9.17) is 9.72 Å². The molecule has 0 bridgehead atoms. The average molecular weight is 538 g/mol. The fourth-order valence-corrected chi connectivity index (χ4v) is 5.00. The number of carbonyl (C=O) groups is 2. The van der Waals surface area contributed by atoms with E-state index in [0.717, 1.165) is 52.8 Å². The van der Waals surface area contributed by atoms with E-state index in [1.807, 2.05) is 60.4 Å². The van der Waals surface area contributed by atoms with Gasteiger partial charge in [0.1, 0.15) is 23.1 Å². The third kappa shape index (κ3) is 6.17. The summed E-state index contributed by atoms with van der Waals surface area (Å²) in [5.74, 6) is 2.54. The summed E-state index contributed by atoms with van der Waals surface area (Å²) in [5.41, 5.74) is 4.35. The van der Waals surface area contributed by atoms with E-state index >= 15 is 0 Å². The molecule has 5 rings (SSSR count). The lowest BCUT2D eigenvalue weighted by atomic mass is 9.99. The summed E-state index contributed by atoms with van der Waals surface area (Å²) in [6, 6.07) is 15.7. The maximum Gasteiger partial charge on any atom is 0.222 e. The van der Waals surface area contributed by atoms with Crippen LogP contribution in [-0.2, 0) is 16.1 Å². The fraction of sp³-hybridized carbons (Fsp3) is 0.375.